The topological polar surface area (TPSA) is 129 Å². The highest BCUT2D eigenvalue weighted by molar-refractivity contribution is 7.99. The van der Waals surface area contributed by atoms with Crippen LogP contribution < -0.4 is 21.4 Å². The summed E-state index contributed by atoms with van der Waals surface area (Å²) >= 11 is 0.888. The molecule has 0 saturated heterocycles. The first-order valence-corrected chi connectivity index (χ1v) is 8.33. The van der Waals surface area contributed by atoms with Crippen molar-refractivity contribution in [2.75, 3.05) is 5.75 Å². The van der Waals surface area contributed by atoms with Crippen LogP contribution in [0, 0.1) is 0 Å². The fourth-order valence-electron chi connectivity index (χ4n) is 1.72. The highest BCUT2D eigenvalue weighted by Crippen LogP contribution is 2.13. The molecule has 1 aromatic carbocycles. The number of H-pyrrole nitrogens is 2. The van der Waals surface area contributed by atoms with E-state index in [1.54, 1.807) is 6.07 Å². The van der Waals surface area contributed by atoms with E-state index in [1.807, 2.05) is 37.0 Å². The zero-order valence-corrected chi connectivity index (χ0v) is 14.4. The lowest BCUT2D eigenvalue weighted by atomic mass is 10.2. The SMILES string of the molecule is CC(C)Oc1cccc(/C=N/NC(=O)CSc2n[nH]c(=O)[nH]c2=O)c1. The van der Waals surface area contributed by atoms with Crippen LogP contribution in [-0.2, 0) is 4.79 Å². The molecular weight excluding hydrogens is 346 g/mol. The Balaban J connectivity index is 1.86. The van der Waals surface area contributed by atoms with Gasteiger partial charge >= 0.3 is 5.69 Å². The van der Waals surface area contributed by atoms with Gasteiger partial charge in [0.25, 0.3) is 5.56 Å². The van der Waals surface area contributed by atoms with Crippen LogP contribution in [0.3, 0.4) is 0 Å². The van der Waals surface area contributed by atoms with Crippen molar-refractivity contribution >= 4 is 23.9 Å². The molecule has 0 radical (unpaired) electrons. The summed E-state index contributed by atoms with van der Waals surface area (Å²) < 4.78 is 5.57. The number of hydrazone groups is 1. The number of aromatic amines is 2. The van der Waals surface area contributed by atoms with E-state index in [0.717, 1.165) is 17.3 Å². The van der Waals surface area contributed by atoms with Gasteiger partial charge in [-0.15, -0.1) is 0 Å². The van der Waals surface area contributed by atoms with Crippen molar-refractivity contribution in [1.82, 2.24) is 20.6 Å². The molecule has 1 aromatic heterocycles. The normalized spacial score (nSPS) is 11.0. The maximum absolute atomic E-state index is 11.7. The van der Waals surface area contributed by atoms with Crippen LogP contribution in [0.4, 0.5) is 0 Å². The lowest BCUT2D eigenvalue weighted by Gasteiger charge is -2.09. The van der Waals surface area contributed by atoms with Crippen LogP contribution >= 0.6 is 11.8 Å². The number of thioether (sulfide) groups is 1. The van der Waals surface area contributed by atoms with Crippen LogP contribution in [-0.4, -0.2) is 39.2 Å². The maximum atomic E-state index is 11.7. The highest BCUT2D eigenvalue weighted by atomic mass is 32.2. The van der Waals surface area contributed by atoms with Gasteiger partial charge in [0.15, 0.2) is 5.03 Å². The number of rotatable bonds is 7. The van der Waals surface area contributed by atoms with Crippen molar-refractivity contribution in [3.63, 3.8) is 0 Å². The maximum Gasteiger partial charge on any atom is 0.342 e. The van der Waals surface area contributed by atoms with Crippen LogP contribution in [0.15, 0.2) is 44.0 Å². The summed E-state index contributed by atoms with van der Waals surface area (Å²) in [6.07, 6.45) is 1.55. The minimum absolute atomic E-state index is 0.00253. The van der Waals surface area contributed by atoms with Crippen molar-refractivity contribution < 1.29 is 9.53 Å². The molecule has 0 unspecified atom stereocenters. The first kappa shape index (κ1) is 18.5. The predicted octanol–water partition coefficient (Wildman–Crippen LogP) is 0.488. The molecule has 132 valence electrons. The van der Waals surface area contributed by atoms with Gasteiger partial charge in [-0.1, -0.05) is 23.9 Å². The largest absolute Gasteiger partial charge is 0.491 e. The number of hydrogen-bond acceptors (Lipinski definition) is 7. The number of hydrogen-bond donors (Lipinski definition) is 3. The van der Waals surface area contributed by atoms with E-state index < -0.39 is 17.2 Å². The van der Waals surface area contributed by atoms with Crippen molar-refractivity contribution in [3.8, 4) is 5.75 Å². The Kier molecular flexibility index (Phi) is 6.52. The van der Waals surface area contributed by atoms with Crippen LogP contribution in [0.5, 0.6) is 5.75 Å². The van der Waals surface area contributed by atoms with E-state index >= 15 is 0 Å². The number of amides is 1. The first-order valence-electron chi connectivity index (χ1n) is 7.34. The van der Waals surface area contributed by atoms with Gasteiger partial charge in [-0.25, -0.2) is 15.3 Å². The number of nitrogens with one attached hydrogen (secondary N) is 3. The van der Waals surface area contributed by atoms with E-state index in [4.69, 9.17) is 4.74 Å². The lowest BCUT2D eigenvalue weighted by Crippen LogP contribution is -2.26. The van der Waals surface area contributed by atoms with Gasteiger partial charge in [-0.05, 0) is 31.5 Å². The van der Waals surface area contributed by atoms with Gasteiger partial charge in [0.1, 0.15) is 5.75 Å². The molecule has 25 heavy (non-hydrogen) atoms. The van der Waals surface area contributed by atoms with Crippen molar-refractivity contribution in [3.05, 3.63) is 50.7 Å². The molecule has 0 aliphatic heterocycles. The minimum atomic E-state index is -0.702. The predicted molar refractivity (Wildman–Crippen MR) is 94.1 cm³/mol. The third kappa shape index (κ3) is 6.26. The highest BCUT2D eigenvalue weighted by Gasteiger charge is 2.07. The molecule has 9 nitrogen and oxygen atoms in total. The molecule has 0 atom stereocenters. The van der Waals surface area contributed by atoms with E-state index in [1.165, 1.54) is 6.21 Å². The summed E-state index contributed by atoms with van der Waals surface area (Å²) in [6, 6.07) is 7.28. The summed E-state index contributed by atoms with van der Waals surface area (Å²) in [5.41, 5.74) is 1.77. The Labute approximate surface area is 146 Å². The molecule has 3 N–H and O–H groups in total. The summed E-state index contributed by atoms with van der Waals surface area (Å²) in [5.74, 6) is 0.225. The number of nitrogens with zero attached hydrogens (tertiary/aromatic N) is 2. The van der Waals surface area contributed by atoms with Crippen molar-refractivity contribution in [1.29, 1.82) is 0 Å². The van der Waals surface area contributed by atoms with E-state index in [-0.39, 0.29) is 16.9 Å². The lowest BCUT2D eigenvalue weighted by molar-refractivity contribution is -0.118. The second-order valence-electron chi connectivity index (χ2n) is 5.13. The second kappa shape index (κ2) is 8.83. The Bertz CT molecular complexity index is 874. The van der Waals surface area contributed by atoms with E-state index in [0.29, 0.717) is 5.75 Å². The van der Waals surface area contributed by atoms with Gasteiger partial charge < -0.3 is 4.74 Å². The van der Waals surface area contributed by atoms with E-state index in [9.17, 15) is 14.4 Å². The first-order chi connectivity index (χ1) is 11.9. The second-order valence-corrected chi connectivity index (χ2v) is 6.10. The third-order valence-corrected chi connectivity index (χ3v) is 3.61. The standard InChI is InChI=1S/C15H17N5O4S/c1-9(2)24-11-5-3-4-10(6-11)7-16-18-12(21)8-25-14-13(22)17-15(23)20-19-14/h3-7,9H,8H2,1-2H3,(H,18,21)(H2,17,20,22,23)/b16-7+. The average molecular weight is 363 g/mol. The van der Waals surface area contributed by atoms with Crippen LogP contribution in [0.1, 0.15) is 19.4 Å². The molecule has 0 bridgehead atoms. The number of carbonyl (C=O) groups is 1. The zero-order chi connectivity index (χ0) is 18.2. The zero-order valence-electron chi connectivity index (χ0n) is 13.6. The molecule has 10 heteroatoms. The molecule has 0 fully saturated rings. The van der Waals surface area contributed by atoms with Gasteiger partial charge in [0, 0.05) is 0 Å². The Morgan fingerprint density at radius 1 is 1.44 bits per heavy atom. The molecule has 1 amide bonds. The fraction of sp³-hybridized carbons (Fsp3) is 0.267. The summed E-state index contributed by atoms with van der Waals surface area (Å²) in [7, 11) is 0. The minimum Gasteiger partial charge on any atom is -0.491 e. The molecule has 2 rings (SSSR count). The number of aromatic nitrogens is 3. The summed E-state index contributed by atoms with van der Waals surface area (Å²) in [4.78, 5) is 36.0. The Hall–Kier alpha value is -2.88. The molecule has 0 saturated carbocycles. The summed E-state index contributed by atoms with van der Waals surface area (Å²) in [5, 5.41) is 9.50. The van der Waals surface area contributed by atoms with Crippen LogP contribution in [0.25, 0.3) is 0 Å². The Morgan fingerprint density at radius 2 is 2.24 bits per heavy atom. The summed E-state index contributed by atoms with van der Waals surface area (Å²) in [6.45, 7) is 3.86. The van der Waals surface area contributed by atoms with Gasteiger partial charge in [-0.2, -0.15) is 10.2 Å². The molecule has 0 spiro atoms. The molecule has 0 aliphatic carbocycles. The molecule has 1 heterocycles. The van der Waals surface area contributed by atoms with Crippen molar-refractivity contribution in [2.45, 2.75) is 25.0 Å². The third-order valence-electron chi connectivity index (χ3n) is 2.65. The molecule has 0 aliphatic rings. The van der Waals surface area contributed by atoms with Gasteiger partial charge in [0.2, 0.25) is 5.91 Å². The Morgan fingerprint density at radius 3 is 2.96 bits per heavy atom. The van der Waals surface area contributed by atoms with Gasteiger partial charge in [-0.3, -0.25) is 14.6 Å². The van der Waals surface area contributed by atoms with Crippen LogP contribution in [0.2, 0.25) is 0 Å². The van der Waals surface area contributed by atoms with E-state index in [2.05, 4.69) is 20.7 Å². The van der Waals surface area contributed by atoms with Crippen molar-refractivity contribution in [2.24, 2.45) is 5.10 Å². The monoisotopic (exact) mass is 363 g/mol. The molecule has 2 aromatic rings. The average Bonchev–Trinajstić information content (AvgIpc) is 2.54. The number of ether oxygens (including phenoxy) is 1. The number of carbonyl (C=O) groups excluding carboxylic acids is 1. The smallest absolute Gasteiger partial charge is 0.342 e. The molecular formula is C15H17N5O4S. The number of benzene rings is 1. The quantitative estimate of drug-likeness (QED) is 0.373. The fourth-order valence-corrected chi connectivity index (χ4v) is 2.34. The van der Waals surface area contributed by atoms with Gasteiger partial charge in [0.05, 0.1) is 18.1 Å².